The van der Waals surface area contributed by atoms with Crippen LogP contribution in [0.3, 0.4) is 0 Å². The second-order valence-electron chi connectivity index (χ2n) is 5.93. The van der Waals surface area contributed by atoms with Crippen molar-refractivity contribution in [2.45, 2.75) is 58.1 Å². The van der Waals surface area contributed by atoms with Crippen LogP contribution in [0.15, 0.2) is 0 Å². The minimum Gasteiger partial charge on any atom is -0.393 e. The summed E-state index contributed by atoms with van der Waals surface area (Å²) in [6.07, 6.45) is 2.02. The van der Waals surface area contributed by atoms with Crippen LogP contribution in [0.2, 0.25) is 0 Å². The van der Waals surface area contributed by atoms with E-state index in [0.717, 1.165) is 19.8 Å². The summed E-state index contributed by atoms with van der Waals surface area (Å²) in [6.45, 7) is 4.99. The molecule has 0 aromatic heterocycles. The summed E-state index contributed by atoms with van der Waals surface area (Å²) in [5.41, 5.74) is 0. The Labute approximate surface area is 103 Å². The van der Waals surface area contributed by atoms with E-state index in [9.17, 15) is 13.9 Å². The van der Waals surface area contributed by atoms with E-state index in [1.54, 1.807) is 11.9 Å². The summed E-state index contributed by atoms with van der Waals surface area (Å²) in [5.74, 6) is -1.79. The van der Waals surface area contributed by atoms with Crippen molar-refractivity contribution in [3.63, 3.8) is 0 Å². The van der Waals surface area contributed by atoms with Gasteiger partial charge in [0.05, 0.1) is 12.6 Å². The molecule has 1 aliphatic rings. The van der Waals surface area contributed by atoms with Gasteiger partial charge in [-0.15, -0.1) is 0 Å². The number of aliphatic hydroxyl groups is 1. The molecule has 1 saturated carbocycles. The average Bonchev–Trinajstić information content (AvgIpc) is 2.14. The molecule has 0 aliphatic heterocycles. The molecule has 3 atom stereocenters. The van der Waals surface area contributed by atoms with E-state index in [2.05, 4.69) is 13.8 Å². The van der Waals surface area contributed by atoms with E-state index in [0.29, 0.717) is 18.3 Å². The monoisotopic (exact) mass is 249 g/mol. The molecule has 102 valence electrons. The predicted molar refractivity (Wildman–Crippen MR) is 65.2 cm³/mol. The summed E-state index contributed by atoms with van der Waals surface area (Å²) in [6, 6.07) is 0.0737. The molecule has 4 heteroatoms. The Morgan fingerprint density at radius 2 is 1.94 bits per heavy atom. The molecule has 1 fully saturated rings. The standard InChI is InChI=1S/C13H25F2NO/c1-9(2)11-6-5-10(17)7-12(11)16(4)8-13(3,14)15/h9-12,17H,5-8H2,1-4H3. The summed E-state index contributed by atoms with van der Waals surface area (Å²) >= 11 is 0. The fourth-order valence-corrected chi connectivity index (χ4v) is 2.99. The average molecular weight is 249 g/mol. The number of nitrogens with zero attached hydrogens (tertiary/aromatic N) is 1. The molecule has 0 aromatic rings. The molecule has 0 aromatic carbocycles. The van der Waals surface area contributed by atoms with Crippen molar-refractivity contribution in [1.82, 2.24) is 4.90 Å². The van der Waals surface area contributed by atoms with Gasteiger partial charge in [0.2, 0.25) is 0 Å². The third-order valence-corrected chi connectivity index (χ3v) is 3.79. The number of rotatable bonds is 4. The number of aliphatic hydroxyl groups excluding tert-OH is 1. The third kappa shape index (κ3) is 4.51. The van der Waals surface area contributed by atoms with Gasteiger partial charge in [0, 0.05) is 13.0 Å². The molecule has 1 N–H and O–H groups in total. The Hall–Kier alpha value is -0.220. The van der Waals surface area contributed by atoms with Crippen molar-refractivity contribution >= 4 is 0 Å². The fourth-order valence-electron chi connectivity index (χ4n) is 2.99. The van der Waals surface area contributed by atoms with Crippen LogP contribution in [0.5, 0.6) is 0 Å². The van der Waals surface area contributed by atoms with Gasteiger partial charge in [-0.25, -0.2) is 8.78 Å². The van der Waals surface area contributed by atoms with Gasteiger partial charge in [-0.3, -0.25) is 4.90 Å². The van der Waals surface area contributed by atoms with Crippen molar-refractivity contribution in [2.24, 2.45) is 11.8 Å². The Balaban J connectivity index is 2.68. The Kier molecular flexibility index (Phi) is 4.90. The Morgan fingerprint density at radius 3 is 2.41 bits per heavy atom. The topological polar surface area (TPSA) is 23.5 Å². The lowest BCUT2D eigenvalue weighted by molar-refractivity contribution is -0.0473. The Bertz CT molecular complexity index is 240. The van der Waals surface area contributed by atoms with Gasteiger partial charge in [-0.1, -0.05) is 13.8 Å². The van der Waals surface area contributed by atoms with Crippen molar-refractivity contribution in [3.8, 4) is 0 Å². The van der Waals surface area contributed by atoms with Gasteiger partial charge in [0.1, 0.15) is 0 Å². The van der Waals surface area contributed by atoms with E-state index in [-0.39, 0.29) is 18.7 Å². The zero-order chi connectivity index (χ0) is 13.2. The quantitative estimate of drug-likeness (QED) is 0.828. The molecule has 0 heterocycles. The van der Waals surface area contributed by atoms with E-state index in [1.165, 1.54) is 0 Å². The first-order valence-electron chi connectivity index (χ1n) is 6.47. The first-order chi connectivity index (χ1) is 7.70. The minimum absolute atomic E-state index is 0.0737. The summed E-state index contributed by atoms with van der Waals surface area (Å²) in [4.78, 5) is 1.73. The molecule has 2 nitrogen and oxygen atoms in total. The molecule has 17 heavy (non-hydrogen) atoms. The van der Waals surface area contributed by atoms with Crippen LogP contribution in [0.25, 0.3) is 0 Å². The molecule has 3 unspecified atom stereocenters. The molecule has 0 bridgehead atoms. The SMILES string of the molecule is CC(C)C1CCC(O)CC1N(C)CC(C)(F)F. The van der Waals surface area contributed by atoms with Gasteiger partial charge in [-0.2, -0.15) is 0 Å². The van der Waals surface area contributed by atoms with Crippen molar-refractivity contribution in [1.29, 1.82) is 0 Å². The maximum atomic E-state index is 13.0. The van der Waals surface area contributed by atoms with Gasteiger partial charge >= 0.3 is 0 Å². The minimum atomic E-state index is -2.67. The third-order valence-electron chi connectivity index (χ3n) is 3.79. The normalized spacial score (nSPS) is 31.2. The zero-order valence-corrected chi connectivity index (χ0v) is 11.3. The maximum absolute atomic E-state index is 13.0. The Morgan fingerprint density at radius 1 is 1.35 bits per heavy atom. The second-order valence-corrected chi connectivity index (χ2v) is 5.93. The molecule has 0 amide bonds. The summed E-state index contributed by atoms with van der Waals surface area (Å²) in [5, 5.41) is 9.71. The van der Waals surface area contributed by atoms with E-state index in [4.69, 9.17) is 0 Å². The lowest BCUT2D eigenvalue weighted by Crippen LogP contribution is -2.48. The van der Waals surface area contributed by atoms with E-state index < -0.39 is 5.92 Å². The molecule has 1 aliphatic carbocycles. The lowest BCUT2D eigenvalue weighted by atomic mass is 9.76. The van der Waals surface area contributed by atoms with E-state index >= 15 is 0 Å². The van der Waals surface area contributed by atoms with Crippen LogP contribution in [0.1, 0.15) is 40.0 Å². The molecular weight excluding hydrogens is 224 g/mol. The highest BCUT2D eigenvalue weighted by Crippen LogP contribution is 2.34. The smallest absolute Gasteiger partial charge is 0.257 e. The number of alkyl halides is 2. The molecule has 0 saturated heterocycles. The summed E-state index contributed by atoms with van der Waals surface area (Å²) < 4.78 is 26.1. The van der Waals surface area contributed by atoms with Gasteiger partial charge in [-0.05, 0) is 38.1 Å². The van der Waals surface area contributed by atoms with Crippen LogP contribution < -0.4 is 0 Å². The van der Waals surface area contributed by atoms with Crippen LogP contribution in [0.4, 0.5) is 8.78 Å². The molecule has 1 rings (SSSR count). The van der Waals surface area contributed by atoms with Crippen molar-refractivity contribution < 1.29 is 13.9 Å². The number of halogens is 2. The first-order valence-corrected chi connectivity index (χ1v) is 6.47. The maximum Gasteiger partial charge on any atom is 0.257 e. The highest BCUT2D eigenvalue weighted by Gasteiger charge is 2.36. The van der Waals surface area contributed by atoms with Crippen LogP contribution in [0, 0.1) is 11.8 Å². The van der Waals surface area contributed by atoms with Crippen molar-refractivity contribution in [3.05, 3.63) is 0 Å². The fraction of sp³-hybridized carbons (Fsp3) is 1.00. The molecule has 0 spiro atoms. The predicted octanol–water partition coefficient (Wildman–Crippen LogP) is 2.76. The van der Waals surface area contributed by atoms with Crippen LogP contribution in [-0.2, 0) is 0 Å². The highest BCUT2D eigenvalue weighted by atomic mass is 19.3. The van der Waals surface area contributed by atoms with Crippen LogP contribution in [-0.4, -0.2) is 41.7 Å². The lowest BCUT2D eigenvalue weighted by Gasteiger charge is -2.42. The second kappa shape index (κ2) is 5.61. The van der Waals surface area contributed by atoms with Crippen molar-refractivity contribution in [2.75, 3.05) is 13.6 Å². The zero-order valence-electron chi connectivity index (χ0n) is 11.3. The van der Waals surface area contributed by atoms with E-state index in [1.807, 2.05) is 0 Å². The first kappa shape index (κ1) is 14.8. The van der Waals surface area contributed by atoms with Gasteiger partial charge in [0.25, 0.3) is 5.92 Å². The largest absolute Gasteiger partial charge is 0.393 e. The molecular formula is C13H25F2NO. The van der Waals surface area contributed by atoms with Crippen LogP contribution >= 0.6 is 0 Å². The van der Waals surface area contributed by atoms with Gasteiger partial charge in [0.15, 0.2) is 0 Å². The highest BCUT2D eigenvalue weighted by molar-refractivity contribution is 4.88. The number of hydrogen-bond donors (Lipinski definition) is 1. The van der Waals surface area contributed by atoms with Gasteiger partial charge < -0.3 is 5.11 Å². The summed E-state index contributed by atoms with van der Waals surface area (Å²) in [7, 11) is 1.75. The number of hydrogen-bond acceptors (Lipinski definition) is 2. The molecule has 0 radical (unpaired) electrons.